The van der Waals surface area contributed by atoms with E-state index in [4.69, 9.17) is 4.74 Å². The summed E-state index contributed by atoms with van der Waals surface area (Å²) in [5.74, 6) is 0.0295. The van der Waals surface area contributed by atoms with Crippen molar-refractivity contribution in [1.82, 2.24) is 0 Å². The molecule has 5 fully saturated rings. The van der Waals surface area contributed by atoms with E-state index in [0.29, 0.717) is 11.8 Å². The molecule has 6 aliphatic rings. The van der Waals surface area contributed by atoms with E-state index in [1.54, 1.807) is 0 Å². The first-order valence-electron chi connectivity index (χ1n) is 17.7. The van der Waals surface area contributed by atoms with E-state index in [9.17, 15) is 35.4 Å². The van der Waals surface area contributed by atoms with Crippen LogP contribution in [0.5, 0.6) is 0 Å². The van der Waals surface area contributed by atoms with Crippen LogP contribution in [0.25, 0.3) is 0 Å². The average Bonchev–Trinajstić information content (AvgIpc) is 2.95. The molecule has 45 heavy (non-hydrogen) atoms. The zero-order valence-electron chi connectivity index (χ0n) is 28.6. The van der Waals surface area contributed by atoms with Crippen molar-refractivity contribution in [3.63, 3.8) is 0 Å². The molecule has 6 rings (SSSR count). The van der Waals surface area contributed by atoms with Crippen molar-refractivity contribution in [3.05, 3.63) is 11.6 Å². The molecule has 6 N–H and O–H groups in total. The Bertz CT molecular complexity index is 1210. The summed E-state index contributed by atoms with van der Waals surface area (Å²) in [4.78, 5) is 13.0. The minimum atomic E-state index is -1.50. The van der Waals surface area contributed by atoms with E-state index in [1.165, 1.54) is 5.57 Å². The van der Waals surface area contributed by atoms with Crippen LogP contribution >= 0.6 is 0 Å². The standard InChI is InChI=1S/C37H60O8/c1-32(2)14-16-37(31(43)44)17-15-35(6)20(22(37)18-32)8-9-25-34(5)12-10-21(33(3,4)24(34)11-13-36(25,35)7)26(39)30-29(42)28(41)27(40)23(19-38)45-30/h8,21-30,38-42H,9-19H2,1-7H3,(H,43,44)/t21-,22?,23?,24?,25?,26?,27+,28?,29+,30+,34-,35+,36+,37-/m0/s1. The highest BCUT2D eigenvalue weighted by atomic mass is 16.6. The molecule has 8 nitrogen and oxygen atoms in total. The zero-order chi connectivity index (χ0) is 33.1. The van der Waals surface area contributed by atoms with Crippen LogP contribution in [-0.4, -0.2) is 79.8 Å². The Morgan fingerprint density at radius 3 is 2.20 bits per heavy atom. The Morgan fingerprint density at radius 1 is 0.889 bits per heavy atom. The van der Waals surface area contributed by atoms with Gasteiger partial charge in [-0.25, -0.2) is 0 Å². The highest BCUT2D eigenvalue weighted by Crippen LogP contribution is 2.76. The summed E-state index contributed by atoms with van der Waals surface area (Å²) in [6.45, 7) is 16.0. The van der Waals surface area contributed by atoms with Crippen LogP contribution in [0.15, 0.2) is 11.6 Å². The van der Waals surface area contributed by atoms with Gasteiger partial charge in [-0.2, -0.15) is 0 Å². The minimum absolute atomic E-state index is 0.0142. The zero-order valence-corrected chi connectivity index (χ0v) is 28.6. The molecule has 0 bridgehead atoms. The molecule has 1 heterocycles. The second kappa shape index (κ2) is 10.7. The third kappa shape index (κ3) is 4.55. The van der Waals surface area contributed by atoms with Gasteiger partial charge in [0, 0.05) is 0 Å². The highest BCUT2D eigenvalue weighted by molar-refractivity contribution is 5.76. The van der Waals surface area contributed by atoms with Crippen LogP contribution in [-0.2, 0) is 9.53 Å². The van der Waals surface area contributed by atoms with Crippen LogP contribution in [0.4, 0.5) is 0 Å². The fraction of sp³-hybridized carbons (Fsp3) is 0.919. The Labute approximate surface area is 269 Å². The van der Waals surface area contributed by atoms with Crippen LogP contribution < -0.4 is 0 Å². The number of rotatable bonds is 4. The number of carboxylic acid groups (broad SMARTS) is 1. The summed E-state index contributed by atoms with van der Waals surface area (Å²) in [6, 6.07) is 0. The molecule has 1 saturated heterocycles. The summed E-state index contributed by atoms with van der Waals surface area (Å²) in [7, 11) is 0. The quantitative estimate of drug-likeness (QED) is 0.245. The van der Waals surface area contributed by atoms with E-state index in [0.717, 1.165) is 64.2 Å². The van der Waals surface area contributed by atoms with Crippen molar-refractivity contribution in [2.24, 2.45) is 56.2 Å². The molecular formula is C37H60O8. The van der Waals surface area contributed by atoms with Gasteiger partial charge >= 0.3 is 5.97 Å². The van der Waals surface area contributed by atoms with Crippen molar-refractivity contribution in [2.75, 3.05) is 6.61 Å². The fourth-order valence-electron chi connectivity index (χ4n) is 12.9. The van der Waals surface area contributed by atoms with E-state index in [1.807, 2.05) is 0 Å². The van der Waals surface area contributed by atoms with Crippen molar-refractivity contribution in [2.45, 2.75) is 149 Å². The Morgan fingerprint density at radius 2 is 1.56 bits per heavy atom. The summed E-state index contributed by atoms with van der Waals surface area (Å²) in [6.07, 6.45) is 3.91. The number of carbonyl (C=O) groups is 1. The Balaban J connectivity index is 1.31. The lowest BCUT2D eigenvalue weighted by molar-refractivity contribution is -0.267. The maximum atomic E-state index is 13.0. The second-order valence-electron chi connectivity index (χ2n) is 18.4. The largest absolute Gasteiger partial charge is 0.481 e. The Kier molecular flexibility index (Phi) is 8.08. The first-order valence-corrected chi connectivity index (χ1v) is 17.7. The van der Waals surface area contributed by atoms with Crippen molar-refractivity contribution in [1.29, 1.82) is 0 Å². The van der Waals surface area contributed by atoms with E-state index < -0.39 is 54.6 Å². The number of fused-ring (bicyclic) bond motifs is 7. The van der Waals surface area contributed by atoms with Crippen LogP contribution in [0.3, 0.4) is 0 Å². The minimum Gasteiger partial charge on any atom is -0.481 e. The lowest BCUT2D eigenvalue weighted by Crippen LogP contribution is -2.67. The maximum Gasteiger partial charge on any atom is 0.310 e. The van der Waals surface area contributed by atoms with Crippen LogP contribution in [0, 0.1) is 56.2 Å². The van der Waals surface area contributed by atoms with Gasteiger partial charge in [-0.1, -0.05) is 60.1 Å². The topological polar surface area (TPSA) is 148 Å². The summed E-state index contributed by atoms with van der Waals surface area (Å²) >= 11 is 0. The number of ether oxygens (including phenoxy) is 1. The molecule has 256 valence electrons. The fourth-order valence-corrected chi connectivity index (χ4v) is 12.9. The van der Waals surface area contributed by atoms with Gasteiger partial charge in [0.1, 0.15) is 30.5 Å². The van der Waals surface area contributed by atoms with E-state index in [2.05, 4.69) is 54.5 Å². The van der Waals surface area contributed by atoms with E-state index in [-0.39, 0.29) is 38.9 Å². The predicted molar refractivity (Wildman–Crippen MR) is 170 cm³/mol. The van der Waals surface area contributed by atoms with Gasteiger partial charge in [0.15, 0.2) is 0 Å². The van der Waals surface area contributed by atoms with Gasteiger partial charge in [-0.3, -0.25) is 4.79 Å². The number of aliphatic carboxylic acids is 1. The molecule has 0 spiro atoms. The van der Waals surface area contributed by atoms with Gasteiger partial charge in [-0.05, 0) is 115 Å². The SMILES string of the molecule is CC1(C)CC[C@]2(C(=O)O)CC[C@]3(C)C(=CCC4[C@@]5(C)CC[C@@H](C(O)[C@H]6OC(CO)[C@@H](O)C(O)[C@H]6O)C(C)(C)C5CC[C@]43C)C2C1. The monoisotopic (exact) mass is 632 g/mol. The molecule has 1 aliphatic heterocycles. The van der Waals surface area contributed by atoms with Crippen LogP contribution in [0.2, 0.25) is 0 Å². The molecule has 5 aliphatic carbocycles. The number of aliphatic hydroxyl groups excluding tert-OH is 5. The summed E-state index contributed by atoms with van der Waals surface area (Å²) < 4.78 is 5.85. The molecule has 0 amide bonds. The molecule has 6 unspecified atom stereocenters. The molecule has 0 aromatic rings. The summed E-state index contributed by atoms with van der Waals surface area (Å²) in [5.41, 5.74) is 0.609. The third-order valence-electron chi connectivity index (χ3n) is 15.9. The lowest BCUT2D eigenvalue weighted by atomic mass is 9.33. The van der Waals surface area contributed by atoms with Crippen molar-refractivity contribution >= 4 is 5.97 Å². The molecule has 8 heteroatoms. The highest BCUT2D eigenvalue weighted by Gasteiger charge is 2.70. The number of carboxylic acids is 1. The molecule has 14 atom stereocenters. The number of hydrogen-bond donors (Lipinski definition) is 6. The van der Waals surface area contributed by atoms with Crippen molar-refractivity contribution < 1.29 is 40.2 Å². The molecule has 0 radical (unpaired) electrons. The first-order chi connectivity index (χ1) is 20.8. The van der Waals surface area contributed by atoms with Gasteiger partial charge in [-0.15, -0.1) is 0 Å². The van der Waals surface area contributed by atoms with Gasteiger partial charge in [0.25, 0.3) is 0 Å². The lowest BCUT2D eigenvalue weighted by Gasteiger charge is -2.71. The smallest absolute Gasteiger partial charge is 0.310 e. The van der Waals surface area contributed by atoms with Crippen molar-refractivity contribution in [3.8, 4) is 0 Å². The molecule has 0 aromatic heterocycles. The molecular weight excluding hydrogens is 572 g/mol. The summed E-state index contributed by atoms with van der Waals surface area (Å²) in [5, 5.41) is 63.8. The third-order valence-corrected chi connectivity index (χ3v) is 15.9. The Hall–Kier alpha value is -1.03. The molecule has 4 saturated carbocycles. The maximum absolute atomic E-state index is 13.0. The average molecular weight is 633 g/mol. The number of allylic oxidation sites excluding steroid dienone is 2. The van der Waals surface area contributed by atoms with Crippen LogP contribution in [0.1, 0.15) is 113 Å². The van der Waals surface area contributed by atoms with Gasteiger partial charge < -0.3 is 35.4 Å². The van der Waals surface area contributed by atoms with E-state index >= 15 is 0 Å². The predicted octanol–water partition coefficient (Wildman–Crippen LogP) is 4.69. The van der Waals surface area contributed by atoms with Gasteiger partial charge in [0.2, 0.25) is 0 Å². The number of hydrogen-bond acceptors (Lipinski definition) is 7. The van der Waals surface area contributed by atoms with Gasteiger partial charge in [0.05, 0.1) is 18.1 Å². The molecule has 0 aromatic carbocycles. The first kappa shape index (κ1) is 33.9. The second-order valence-corrected chi connectivity index (χ2v) is 18.4. The number of aliphatic hydroxyl groups is 5. The normalized spacial score (nSPS) is 52.7.